The van der Waals surface area contributed by atoms with Crippen LogP contribution < -0.4 is 10.1 Å². The van der Waals surface area contributed by atoms with Crippen LogP contribution in [-0.4, -0.2) is 27.7 Å². The van der Waals surface area contributed by atoms with Gasteiger partial charge >= 0.3 is 0 Å². The number of anilines is 1. The number of fused-ring (bicyclic) bond motifs is 1. The number of para-hydroxylation sites is 1. The number of nitrogens with zero attached hydrogens (tertiary/aromatic N) is 1. The van der Waals surface area contributed by atoms with Crippen LogP contribution in [0.5, 0.6) is 5.75 Å². The van der Waals surface area contributed by atoms with Crippen molar-refractivity contribution in [1.29, 1.82) is 0 Å². The van der Waals surface area contributed by atoms with Gasteiger partial charge < -0.3 is 15.0 Å². The summed E-state index contributed by atoms with van der Waals surface area (Å²) >= 11 is 7.62. The van der Waals surface area contributed by atoms with Gasteiger partial charge in [-0.2, -0.15) is 0 Å². The first-order valence-corrected chi connectivity index (χ1v) is 11.7. The SMILES string of the molecule is CCOc1ccc(-c2cccc3[nH]c(SC(C)C(=O)Nc4ccc(C)cc4Cl)nc23)cc1. The minimum atomic E-state index is -0.359. The summed E-state index contributed by atoms with van der Waals surface area (Å²) in [5.74, 6) is 0.711. The predicted octanol–water partition coefficient (Wildman–Crippen LogP) is 6.71. The molecule has 32 heavy (non-hydrogen) atoms. The highest BCUT2D eigenvalue weighted by Crippen LogP contribution is 2.32. The number of carbonyl (C=O) groups excluding carboxylic acids is 1. The molecule has 0 bridgehead atoms. The molecule has 0 aliphatic carbocycles. The highest BCUT2D eigenvalue weighted by molar-refractivity contribution is 8.00. The maximum Gasteiger partial charge on any atom is 0.237 e. The molecule has 0 fully saturated rings. The lowest BCUT2D eigenvalue weighted by Crippen LogP contribution is -2.22. The molecule has 7 heteroatoms. The molecule has 1 aromatic heterocycles. The van der Waals surface area contributed by atoms with Crippen LogP contribution in [0.1, 0.15) is 19.4 Å². The Morgan fingerprint density at radius 2 is 1.97 bits per heavy atom. The maximum atomic E-state index is 12.7. The van der Waals surface area contributed by atoms with E-state index in [9.17, 15) is 4.79 Å². The second-order valence-corrected chi connectivity index (χ2v) is 9.17. The molecule has 4 aromatic rings. The molecular formula is C25H24ClN3O2S. The van der Waals surface area contributed by atoms with E-state index in [4.69, 9.17) is 21.3 Å². The van der Waals surface area contributed by atoms with Crippen molar-refractivity contribution in [2.45, 2.75) is 31.2 Å². The van der Waals surface area contributed by atoms with Crippen LogP contribution >= 0.6 is 23.4 Å². The summed E-state index contributed by atoms with van der Waals surface area (Å²) in [5, 5.41) is 3.76. The zero-order valence-corrected chi connectivity index (χ0v) is 19.7. The van der Waals surface area contributed by atoms with Crippen molar-refractivity contribution in [2.75, 3.05) is 11.9 Å². The van der Waals surface area contributed by atoms with Crippen molar-refractivity contribution in [3.05, 3.63) is 71.2 Å². The number of hydrogen-bond acceptors (Lipinski definition) is 4. The smallest absolute Gasteiger partial charge is 0.237 e. The number of thioether (sulfide) groups is 1. The summed E-state index contributed by atoms with van der Waals surface area (Å²) in [5.41, 5.74) is 5.53. The van der Waals surface area contributed by atoms with E-state index in [0.717, 1.165) is 33.5 Å². The van der Waals surface area contributed by atoms with Gasteiger partial charge in [0.2, 0.25) is 5.91 Å². The molecule has 4 rings (SSSR count). The number of aromatic amines is 1. The zero-order valence-electron chi connectivity index (χ0n) is 18.1. The molecule has 1 unspecified atom stereocenters. The highest BCUT2D eigenvalue weighted by atomic mass is 35.5. The van der Waals surface area contributed by atoms with Gasteiger partial charge in [0.25, 0.3) is 0 Å². The summed E-state index contributed by atoms with van der Waals surface area (Å²) in [6.07, 6.45) is 0. The molecule has 0 saturated carbocycles. The molecule has 2 N–H and O–H groups in total. The Hall–Kier alpha value is -2.96. The van der Waals surface area contributed by atoms with E-state index in [-0.39, 0.29) is 11.2 Å². The monoisotopic (exact) mass is 465 g/mol. The standard InChI is InChI=1S/C25H24ClN3O2S/c1-4-31-18-11-9-17(10-12-18)19-6-5-7-22-23(19)29-25(28-22)32-16(3)24(30)27-21-13-8-15(2)14-20(21)26/h5-14,16H,4H2,1-3H3,(H,27,30)(H,28,29). The van der Waals surface area contributed by atoms with Crippen molar-refractivity contribution >= 4 is 46.0 Å². The molecule has 0 saturated heterocycles. The van der Waals surface area contributed by atoms with Gasteiger partial charge in [0, 0.05) is 5.56 Å². The number of halogens is 1. The van der Waals surface area contributed by atoms with E-state index in [0.29, 0.717) is 22.5 Å². The third kappa shape index (κ3) is 4.92. The second kappa shape index (κ2) is 9.67. The number of nitrogens with one attached hydrogen (secondary N) is 2. The van der Waals surface area contributed by atoms with Crippen molar-refractivity contribution in [3.63, 3.8) is 0 Å². The molecule has 1 amide bonds. The largest absolute Gasteiger partial charge is 0.494 e. The van der Waals surface area contributed by atoms with E-state index >= 15 is 0 Å². The maximum absolute atomic E-state index is 12.7. The fraction of sp³-hybridized carbons (Fsp3) is 0.200. The Morgan fingerprint density at radius 1 is 1.19 bits per heavy atom. The Bertz CT molecular complexity index is 1250. The van der Waals surface area contributed by atoms with Gasteiger partial charge in [-0.1, -0.05) is 53.7 Å². The van der Waals surface area contributed by atoms with Gasteiger partial charge in [-0.15, -0.1) is 0 Å². The van der Waals surface area contributed by atoms with Crippen LogP contribution in [0.15, 0.2) is 65.8 Å². The average molecular weight is 466 g/mol. The second-order valence-electron chi connectivity index (χ2n) is 7.43. The van der Waals surface area contributed by atoms with Crippen LogP contribution in [0.25, 0.3) is 22.2 Å². The van der Waals surface area contributed by atoms with Gasteiger partial charge in [0.05, 0.1) is 33.6 Å². The minimum absolute atomic E-state index is 0.132. The van der Waals surface area contributed by atoms with Gasteiger partial charge in [-0.25, -0.2) is 4.98 Å². The van der Waals surface area contributed by atoms with Crippen LogP contribution in [-0.2, 0) is 4.79 Å². The number of H-pyrrole nitrogens is 1. The lowest BCUT2D eigenvalue weighted by molar-refractivity contribution is -0.115. The van der Waals surface area contributed by atoms with E-state index in [2.05, 4.69) is 10.3 Å². The number of imidazole rings is 1. The molecular weight excluding hydrogens is 442 g/mol. The van der Waals surface area contributed by atoms with Crippen LogP contribution in [0.2, 0.25) is 5.02 Å². The van der Waals surface area contributed by atoms with Crippen molar-refractivity contribution in [3.8, 4) is 16.9 Å². The molecule has 3 aromatic carbocycles. The first-order valence-electron chi connectivity index (χ1n) is 10.4. The fourth-order valence-corrected chi connectivity index (χ4v) is 4.47. The molecule has 0 spiro atoms. The Kier molecular flexibility index (Phi) is 6.72. The summed E-state index contributed by atoms with van der Waals surface area (Å²) in [6, 6.07) is 19.6. The Labute approximate surface area is 196 Å². The van der Waals surface area contributed by atoms with Crippen LogP contribution in [0.3, 0.4) is 0 Å². The molecule has 1 atom stereocenters. The number of carbonyl (C=O) groups is 1. The van der Waals surface area contributed by atoms with E-state index < -0.39 is 0 Å². The number of hydrogen-bond donors (Lipinski definition) is 2. The quantitative estimate of drug-likeness (QED) is 0.297. The van der Waals surface area contributed by atoms with Crippen molar-refractivity contribution in [2.24, 2.45) is 0 Å². The number of aromatic nitrogens is 2. The molecule has 0 aliphatic rings. The van der Waals surface area contributed by atoms with E-state index in [1.54, 1.807) is 0 Å². The number of amides is 1. The van der Waals surface area contributed by atoms with Crippen molar-refractivity contribution in [1.82, 2.24) is 9.97 Å². The summed E-state index contributed by atoms with van der Waals surface area (Å²) in [4.78, 5) is 20.8. The lowest BCUT2D eigenvalue weighted by atomic mass is 10.0. The van der Waals surface area contributed by atoms with E-state index in [1.165, 1.54) is 11.8 Å². The summed E-state index contributed by atoms with van der Waals surface area (Å²) in [7, 11) is 0. The predicted molar refractivity (Wildman–Crippen MR) is 133 cm³/mol. The van der Waals surface area contributed by atoms with E-state index in [1.807, 2.05) is 81.4 Å². The topological polar surface area (TPSA) is 67.0 Å². The fourth-order valence-electron chi connectivity index (χ4n) is 3.37. The number of ether oxygens (including phenoxy) is 1. The van der Waals surface area contributed by atoms with Gasteiger partial charge in [-0.3, -0.25) is 4.79 Å². The Balaban J connectivity index is 1.52. The first kappa shape index (κ1) is 22.2. The van der Waals surface area contributed by atoms with Gasteiger partial charge in [-0.05, 0) is 62.2 Å². The molecule has 1 heterocycles. The highest BCUT2D eigenvalue weighted by Gasteiger charge is 2.18. The number of benzene rings is 3. The first-order chi connectivity index (χ1) is 15.4. The summed E-state index contributed by atoms with van der Waals surface area (Å²) in [6.45, 7) is 6.41. The van der Waals surface area contributed by atoms with Gasteiger partial charge in [0.15, 0.2) is 5.16 Å². The number of aryl methyl sites for hydroxylation is 1. The molecule has 5 nitrogen and oxygen atoms in total. The zero-order chi connectivity index (χ0) is 22.7. The molecule has 0 aliphatic heterocycles. The molecule has 164 valence electrons. The summed E-state index contributed by atoms with van der Waals surface area (Å²) < 4.78 is 5.54. The van der Waals surface area contributed by atoms with Crippen LogP contribution in [0.4, 0.5) is 5.69 Å². The average Bonchev–Trinajstić information content (AvgIpc) is 3.19. The Morgan fingerprint density at radius 3 is 2.69 bits per heavy atom. The lowest BCUT2D eigenvalue weighted by Gasteiger charge is -2.12. The molecule has 0 radical (unpaired) electrons. The van der Waals surface area contributed by atoms with Gasteiger partial charge in [0.1, 0.15) is 5.75 Å². The van der Waals surface area contributed by atoms with Crippen LogP contribution in [0, 0.1) is 6.92 Å². The third-order valence-electron chi connectivity index (χ3n) is 5.01. The third-order valence-corrected chi connectivity index (χ3v) is 6.30. The minimum Gasteiger partial charge on any atom is -0.494 e. The van der Waals surface area contributed by atoms with Crippen molar-refractivity contribution < 1.29 is 9.53 Å². The number of rotatable bonds is 7. The normalized spacial score (nSPS) is 12.0.